The minimum Gasteiger partial charge on any atom is -0.468 e. The number of rotatable bonds is 11. The van der Waals surface area contributed by atoms with E-state index in [1.807, 2.05) is 0 Å². The van der Waals surface area contributed by atoms with Crippen LogP contribution < -0.4 is 14.4 Å². The van der Waals surface area contributed by atoms with Crippen molar-refractivity contribution >= 4 is 35.6 Å². The van der Waals surface area contributed by atoms with Crippen LogP contribution in [0.3, 0.4) is 0 Å². The van der Waals surface area contributed by atoms with Gasteiger partial charge in [0.1, 0.15) is 49.4 Å². The largest absolute Gasteiger partial charge is 0.468 e. The average molecular weight is 802 g/mol. The van der Waals surface area contributed by atoms with E-state index in [9.17, 15) is 4.39 Å². The summed E-state index contributed by atoms with van der Waals surface area (Å²) in [4.78, 5) is 18.7. The summed E-state index contributed by atoms with van der Waals surface area (Å²) in [5.41, 5.74) is 4.73. The van der Waals surface area contributed by atoms with Gasteiger partial charge in [-0.05, 0) is 72.4 Å². The van der Waals surface area contributed by atoms with E-state index < -0.39 is 31.4 Å². The molecule has 8 rings (SSSR count). The molecule has 57 heavy (non-hydrogen) atoms. The van der Waals surface area contributed by atoms with Crippen LogP contribution >= 0.6 is 0 Å². The Hall–Kier alpha value is -3.96. The monoisotopic (exact) mass is 801 g/mol. The predicted octanol–water partition coefficient (Wildman–Crippen LogP) is 9.00. The zero-order valence-electron chi connectivity index (χ0n) is 34.1. The molecule has 3 saturated heterocycles. The van der Waals surface area contributed by atoms with Gasteiger partial charge in [-0.3, -0.25) is 9.88 Å². The van der Waals surface area contributed by atoms with Crippen LogP contribution in [0.1, 0.15) is 79.2 Å². The molecule has 1 aliphatic carbocycles. The molecule has 5 heterocycles. The third kappa shape index (κ3) is 7.14. The smallest absolute Gasteiger partial charge is 0.319 e. The van der Waals surface area contributed by atoms with Gasteiger partial charge in [0.15, 0.2) is 12.6 Å². The van der Waals surface area contributed by atoms with Crippen LogP contribution in [0.2, 0.25) is 16.6 Å². The molecule has 9 nitrogen and oxygen atoms in total. The van der Waals surface area contributed by atoms with Gasteiger partial charge < -0.3 is 23.8 Å². The zero-order valence-corrected chi connectivity index (χ0v) is 35.1. The van der Waals surface area contributed by atoms with Crippen molar-refractivity contribution in [3.05, 3.63) is 47.7 Å². The number of hydrogen-bond acceptors (Lipinski definition) is 9. The van der Waals surface area contributed by atoms with Crippen LogP contribution in [0, 0.1) is 23.1 Å². The lowest BCUT2D eigenvalue weighted by atomic mass is 9.95. The van der Waals surface area contributed by atoms with Gasteiger partial charge in [-0.2, -0.15) is 9.97 Å². The number of fused-ring (bicyclic) bond motifs is 4. The SMILES string of the molecule is COCOc1cc(-c2ncc3c(N4CCCOC5CC54)nc(OC[C@@]45CCCN4C[C@H](F)C5)nc3c2F)c2c(C#C[Si](C(C)C)(C(C)C)C(C)C)c(F)ccc2c1. The maximum absolute atomic E-state index is 17.6. The Morgan fingerprint density at radius 2 is 1.81 bits per heavy atom. The second-order valence-electron chi connectivity index (χ2n) is 17.3. The van der Waals surface area contributed by atoms with Crippen molar-refractivity contribution in [1.29, 1.82) is 0 Å². The Bertz CT molecular complexity index is 2210. The Morgan fingerprint density at radius 1 is 1.02 bits per heavy atom. The van der Waals surface area contributed by atoms with Crippen molar-refractivity contribution in [2.75, 3.05) is 51.7 Å². The molecule has 2 aromatic heterocycles. The van der Waals surface area contributed by atoms with Crippen molar-refractivity contribution in [2.24, 2.45) is 0 Å². The fourth-order valence-corrected chi connectivity index (χ4v) is 15.4. The minimum atomic E-state index is -2.29. The molecule has 4 atom stereocenters. The number of methoxy groups -OCH3 is 1. The second-order valence-corrected chi connectivity index (χ2v) is 22.9. The summed E-state index contributed by atoms with van der Waals surface area (Å²) in [6, 6.07) is 6.64. The van der Waals surface area contributed by atoms with E-state index in [-0.39, 0.29) is 48.3 Å². The predicted molar refractivity (Wildman–Crippen MR) is 219 cm³/mol. The van der Waals surface area contributed by atoms with Crippen LogP contribution in [0.4, 0.5) is 19.0 Å². The first kappa shape index (κ1) is 39.8. The van der Waals surface area contributed by atoms with Crippen LogP contribution in [-0.4, -0.2) is 98.5 Å². The topological polar surface area (TPSA) is 82.1 Å². The van der Waals surface area contributed by atoms with E-state index in [4.69, 9.17) is 33.9 Å². The second kappa shape index (κ2) is 15.7. The fraction of sp³-hybridized carbons (Fsp3) is 0.568. The molecular weight excluding hydrogens is 748 g/mol. The molecule has 0 spiro atoms. The summed E-state index contributed by atoms with van der Waals surface area (Å²) < 4.78 is 72.1. The highest BCUT2D eigenvalue weighted by Gasteiger charge is 2.50. The number of aromatic nitrogens is 3. The first-order chi connectivity index (χ1) is 27.4. The maximum Gasteiger partial charge on any atom is 0.319 e. The molecular formula is C44H54F3N5O4Si. The Kier molecular flexibility index (Phi) is 10.9. The van der Waals surface area contributed by atoms with E-state index in [0.29, 0.717) is 76.0 Å². The summed E-state index contributed by atoms with van der Waals surface area (Å²) in [5, 5.41) is 1.50. The standard InChI is InChI=1S/C44H54F3N5O4Si/c1-26(2)57(27(3)4,28(5)6)17-12-32-35(46)11-10-29-18-31(56-25-53-7)19-33(38(29)32)40-39(47)41-34(22-48-40)42(52-15-9-16-54-37-20-36(37)52)50-43(49-41)55-24-44-13-8-14-51(44)23-30(45)21-44/h10-11,18-19,22,26-28,30,36-37H,8-9,13-16,20-21,23-25H2,1-7H3/t30-,36?,37?,44+/m1/s1. The summed E-state index contributed by atoms with van der Waals surface area (Å²) in [5.74, 6) is 3.07. The number of hydrogen-bond donors (Lipinski definition) is 0. The third-order valence-corrected chi connectivity index (χ3v) is 19.3. The number of nitrogens with zero attached hydrogens (tertiary/aromatic N) is 5. The lowest BCUT2D eigenvalue weighted by molar-refractivity contribution is 0.0512. The zero-order chi connectivity index (χ0) is 40.2. The van der Waals surface area contributed by atoms with Crippen LogP contribution in [0.5, 0.6) is 11.8 Å². The highest BCUT2D eigenvalue weighted by atomic mass is 28.3. The number of benzene rings is 2. The van der Waals surface area contributed by atoms with E-state index in [2.05, 4.69) is 62.8 Å². The van der Waals surface area contributed by atoms with Crippen molar-refractivity contribution < 1.29 is 32.1 Å². The molecule has 0 amide bonds. The summed E-state index contributed by atoms with van der Waals surface area (Å²) in [6.45, 7) is 15.9. The van der Waals surface area contributed by atoms with Crippen molar-refractivity contribution in [2.45, 2.75) is 114 Å². The minimum absolute atomic E-state index is 0.0245. The van der Waals surface area contributed by atoms with Crippen LogP contribution in [0.15, 0.2) is 30.5 Å². The molecule has 0 radical (unpaired) electrons. The molecule has 0 bridgehead atoms. The Balaban J connectivity index is 1.31. The van der Waals surface area contributed by atoms with Crippen LogP contribution in [-0.2, 0) is 9.47 Å². The van der Waals surface area contributed by atoms with Gasteiger partial charge in [-0.1, -0.05) is 53.5 Å². The number of ether oxygens (including phenoxy) is 4. The van der Waals surface area contributed by atoms with Gasteiger partial charge in [0.2, 0.25) is 0 Å². The molecule has 0 N–H and O–H groups in total. The fourth-order valence-electron chi connectivity index (χ4n) is 10.2. The summed E-state index contributed by atoms with van der Waals surface area (Å²) in [6.07, 6.45) is 4.54. The van der Waals surface area contributed by atoms with Gasteiger partial charge in [0.25, 0.3) is 0 Å². The van der Waals surface area contributed by atoms with Gasteiger partial charge in [0.05, 0.1) is 28.6 Å². The van der Waals surface area contributed by atoms with E-state index in [1.165, 1.54) is 13.2 Å². The van der Waals surface area contributed by atoms with Gasteiger partial charge in [0, 0.05) is 50.4 Å². The van der Waals surface area contributed by atoms with E-state index in [1.54, 1.807) is 24.4 Å². The average Bonchev–Trinajstić information content (AvgIpc) is 3.78. The van der Waals surface area contributed by atoms with E-state index >= 15 is 8.78 Å². The normalized spacial score (nSPS) is 23.6. The molecule has 2 unspecified atom stereocenters. The highest BCUT2D eigenvalue weighted by molar-refractivity contribution is 6.90. The molecule has 1 saturated carbocycles. The van der Waals surface area contributed by atoms with Gasteiger partial charge in [-0.15, -0.1) is 5.54 Å². The van der Waals surface area contributed by atoms with Crippen molar-refractivity contribution in [3.8, 4) is 34.5 Å². The first-order valence-electron chi connectivity index (χ1n) is 20.5. The number of pyridine rings is 1. The molecule has 4 aliphatic rings. The lowest BCUT2D eigenvalue weighted by Crippen LogP contribution is -2.43. The molecule has 4 fully saturated rings. The highest BCUT2D eigenvalue weighted by Crippen LogP contribution is 2.45. The third-order valence-electron chi connectivity index (χ3n) is 13.0. The molecule has 304 valence electrons. The van der Waals surface area contributed by atoms with E-state index in [0.717, 1.165) is 32.2 Å². The first-order valence-corrected chi connectivity index (χ1v) is 22.8. The molecule has 3 aliphatic heterocycles. The Labute approximate surface area is 334 Å². The van der Waals surface area contributed by atoms with Gasteiger partial charge >= 0.3 is 6.01 Å². The lowest BCUT2D eigenvalue weighted by Gasteiger charge is -2.38. The molecule has 13 heteroatoms. The quantitative estimate of drug-likeness (QED) is 0.0839. The Morgan fingerprint density at radius 3 is 2.56 bits per heavy atom. The van der Waals surface area contributed by atoms with Crippen molar-refractivity contribution in [1.82, 2.24) is 19.9 Å². The van der Waals surface area contributed by atoms with Crippen molar-refractivity contribution in [3.63, 3.8) is 0 Å². The number of anilines is 1. The summed E-state index contributed by atoms with van der Waals surface area (Å²) in [7, 11) is -0.764. The maximum atomic E-state index is 17.6. The molecule has 4 aromatic rings. The molecule has 2 aromatic carbocycles. The number of halogens is 3. The van der Waals surface area contributed by atoms with Crippen LogP contribution in [0.25, 0.3) is 32.9 Å². The number of alkyl halides is 1. The summed E-state index contributed by atoms with van der Waals surface area (Å²) >= 11 is 0. The van der Waals surface area contributed by atoms with Gasteiger partial charge in [-0.25, -0.2) is 13.2 Å².